The van der Waals surface area contributed by atoms with Gasteiger partial charge in [-0.2, -0.15) is 0 Å². The molecule has 0 aliphatic carbocycles. The first kappa shape index (κ1) is 10.6. The van der Waals surface area contributed by atoms with Crippen LogP contribution in [0.1, 0.15) is 0 Å². The maximum atomic E-state index is 12.7. The molecule has 0 spiro atoms. The van der Waals surface area contributed by atoms with E-state index in [-0.39, 0.29) is 16.5 Å². The van der Waals surface area contributed by atoms with Crippen LogP contribution in [0.15, 0.2) is 30.3 Å². The molecule has 0 fully saturated rings. The number of rotatable bonds is 2. The van der Waals surface area contributed by atoms with Gasteiger partial charge < -0.3 is 5.73 Å². The van der Waals surface area contributed by atoms with Gasteiger partial charge >= 0.3 is 5.00 Å². The minimum absolute atomic E-state index is 0.0840. The Hall–Kier alpha value is -1.95. The molecule has 0 unspecified atom stereocenters. The lowest BCUT2D eigenvalue weighted by atomic mass is 10.2. The van der Waals surface area contributed by atoms with Crippen LogP contribution in [0.4, 0.5) is 15.1 Å². The van der Waals surface area contributed by atoms with Crippen molar-refractivity contribution in [1.29, 1.82) is 0 Å². The van der Waals surface area contributed by atoms with E-state index in [1.54, 1.807) is 12.1 Å². The summed E-state index contributed by atoms with van der Waals surface area (Å²) in [6, 6.07) is 7.25. The average molecular weight is 238 g/mol. The number of nitrogens with zero attached hydrogens (tertiary/aromatic N) is 1. The normalized spacial score (nSPS) is 10.3. The van der Waals surface area contributed by atoms with Gasteiger partial charge in [0.1, 0.15) is 11.5 Å². The maximum Gasteiger partial charge on any atom is 0.347 e. The van der Waals surface area contributed by atoms with Crippen molar-refractivity contribution < 1.29 is 9.31 Å². The van der Waals surface area contributed by atoms with E-state index >= 15 is 0 Å². The molecule has 0 radical (unpaired) electrons. The number of hydrogen-bond acceptors (Lipinski definition) is 4. The van der Waals surface area contributed by atoms with Crippen molar-refractivity contribution >= 4 is 22.0 Å². The zero-order valence-corrected chi connectivity index (χ0v) is 8.83. The fourth-order valence-corrected chi connectivity index (χ4v) is 2.19. The molecule has 16 heavy (non-hydrogen) atoms. The third kappa shape index (κ3) is 1.87. The van der Waals surface area contributed by atoms with Crippen LogP contribution in [0.5, 0.6) is 0 Å². The first-order valence-corrected chi connectivity index (χ1v) is 5.19. The molecule has 82 valence electrons. The largest absolute Gasteiger partial charge is 0.392 e. The molecule has 6 heteroatoms. The second-order valence-corrected chi connectivity index (χ2v) is 4.17. The van der Waals surface area contributed by atoms with Crippen molar-refractivity contribution in [3.8, 4) is 10.4 Å². The van der Waals surface area contributed by atoms with Crippen molar-refractivity contribution in [2.24, 2.45) is 0 Å². The van der Waals surface area contributed by atoms with Crippen molar-refractivity contribution in [2.45, 2.75) is 0 Å². The molecule has 2 aromatic rings. The van der Waals surface area contributed by atoms with E-state index in [4.69, 9.17) is 5.73 Å². The Morgan fingerprint density at radius 3 is 2.44 bits per heavy atom. The molecule has 2 rings (SSSR count). The standard InChI is InChI=1S/C10H7FN2O2S/c11-7-3-1-6(2-4-7)9-5-8(12)10(16-9)13(14)15/h1-5H,12H2. The smallest absolute Gasteiger partial charge is 0.347 e. The number of nitrogen functional groups attached to an aromatic ring is 1. The highest BCUT2D eigenvalue weighted by atomic mass is 32.1. The third-order valence-corrected chi connectivity index (χ3v) is 3.19. The highest BCUT2D eigenvalue weighted by Gasteiger charge is 2.17. The van der Waals surface area contributed by atoms with Crippen LogP contribution in [0, 0.1) is 15.9 Å². The minimum Gasteiger partial charge on any atom is -0.392 e. The van der Waals surface area contributed by atoms with Gasteiger partial charge in [-0.15, -0.1) is 0 Å². The molecule has 0 saturated carbocycles. The van der Waals surface area contributed by atoms with Crippen LogP contribution in [-0.2, 0) is 0 Å². The first-order chi connectivity index (χ1) is 7.58. The Bertz CT molecular complexity index is 536. The summed E-state index contributed by atoms with van der Waals surface area (Å²) in [6.07, 6.45) is 0. The van der Waals surface area contributed by atoms with Gasteiger partial charge in [0.15, 0.2) is 0 Å². The van der Waals surface area contributed by atoms with Gasteiger partial charge in [0.2, 0.25) is 0 Å². The van der Waals surface area contributed by atoms with E-state index in [9.17, 15) is 14.5 Å². The van der Waals surface area contributed by atoms with Gasteiger partial charge in [-0.1, -0.05) is 23.5 Å². The number of thiophene rings is 1. The number of nitro groups is 1. The maximum absolute atomic E-state index is 12.7. The molecule has 1 heterocycles. The molecule has 0 amide bonds. The van der Waals surface area contributed by atoms with E-state index in [1.165, 1.54) is 18.2 Å². The van der Waals surface area contributed by atoms with Crippen LogP contribution < -0.4 is 5.73 Å². The number of nitrogens with two attached hydrogens (primary N) is 1. The first-order valence-electron chi connectivity index (χ1n) is 4.37. The summed E-state index contributed by atoms with van der Waals surface area (Å²) in [6.45, 7) is 0. The van der Waals surface area contributed by atoms with Gasteiger partial charge in [0.05, 0.1) is 4.92 Å². The molecular formula is C10H7FN2O2S. The van der Waals surface area contributed by atoms with Crippen LogP contribution in [0.2, 0.25) is 0 Å². The van der Waals surface area contributed by atoms with Crippen molar-refractivity contribution in [2.75, 3.05) is 5.73 Å². The van der Waals surface area contributed by atoms with E-state index in [1.807, 2.05) is 0 Å². The second-order valence-electron chi connectivity index (χ2n) is 3.14. The Morgan fingerprint density at radius 1 is 1.31 bits per heavy atom. The van der Waals surface area contributed by atoms with Gasteiger partial charge in [0, 0.05) is 4.88 Å². The zero-order chi connectivity index (χ0) is 11.7. The molecule has 0 atom stereocenters. The predicted molar refractivity (Wildman–Crippen MR) is 60.8 cm³/mol. The highest BCUT2D eigenvalue weighted by molar-refractivity contribution is 7.19. The van der Waals surface area contributed by atoms with Gasteiger partial charge in [-0.3, -0.25) is 10.1 Å². The molecular weight excluding hydrogens is 231 g/mol. The predicted octanol–water partition coefficient (Wildman–Crippen LogP) is 3.04. The summed E-state index contributed by atoms with van der Waals surface area (Å²) in [5.41, 5.74) is 6.35. The van der Waals surface area contributed by atoms with Crippen LogP contribution >= 0.6 is 11.3 Å². The van der Waals surface area contributed by atoms with Crippen LogP contribution in [0.25, 0.3) is 10.4 Å². The van der Waals surface area contributed by atoms with E-state index in [2.05, 4.69) is 0 Å². The molecule has 4 nitrogen and oxygen atoms in total. The average Bonchev–Trinajstić information content (AvgIpc) is 2.61. The van der Waals surface area contributed by atoms with Gasteiger partial charge in [-0.25, -0.2) is 4.39 Å². The highest BCUT2D eigenvalue weighted by Crippen LogP contribution is 2.38. The molecule has 0 aliphatic rings. The summed E-state index contributed by atoms with van der Waals surface area (Å²) in [5.74, 6) is -0.345. The second kappa shape index (κ2) is 3.90. The number of hydrogen-bond donors (Lipinski definition) is 1. The van der Waals surface area contributed by atoms with E-state index in [0.717, 1.165) is 11.3 Å². The Kier molecular flexibility index (Phi) is 2.57. The lowest BCUT2D eigenvalue weighted by Crippen LogP contribution is -1.89. The molecule has 0 saturated heterocycles. The van der Waals surface area contributed by atoms with Gasteiger partial charge in [-0.05, 0) is 23.8 Å². The summed E-state index contributed by atoms with van der Waals surface area (Å²) in [7, 11) is 0. The summed E-state index contributed by atoms with van der Waals surface area (Å²) < 4.78 is 12.7. The van der Waals surface area contributed by atoms with E-state index in [0.29, 0.717) is 10.4 Å². The van der Waals surface area contributed by atoms with Crippen molar-refractivity contribution in [3.63, 3.8) is 0 Å². The fourth-order valence-electron chi connectivity index (χ4n) is 1.29. The minimum atomic E-state index is -0.521. The van der Waals surface area contributed by atoms with Crippen LogP contribution in [-0.4, -0.2) is 4.92 Å². The number of halogens is 1. The lowest BCUT2D eigenvalue weighted by molar-refractivity contribution is -0.379. The summed E-state index contributed by atoms with van der Waals surface area (Å²) in [5, 5.41) is 10.5. The molecule has 0 bridgehead atoms. The van der Waals surface area contributed by atoms with Gasteiger partial charge in [0.25, 0.3) is 0 Å². The molecule has 1 aromatic heterocycles. The van der Waals surface area contributed by atoms with Crippen LogP contribution in [0.3, 0.4) is 0 Å². The lowest BCUT2D eigenvalue weighted by Gasteiger charge is -1.94. The molecule has 2 N–H and O–H groups in total. The number of anilines is 1. The SMILES string of the molecule is Nc1cc(-c2ccc(F)cc2)sc1[N+](=O)[O-]. The summed E-state index contributed by atoms with van der Waals surface area (Å²) >= 11 is 0.980. The molecule has 0 aliphatic heterocycles. The van der Waals surface area contributed by atoms with E-state index < -0.39 is 4.92 Å². The fraction of sp³-hybridized carbons (Fsp3) is 0. The zero-order valence-electron chi connectivity index (χ0n) is 8.01. The number of benzene rings is 1. The summed E-state index contributed by atoms with van der Waals surface area (Å²) in [4.78, 5) is 10.7. The molecule has 1 aromatic carbocycles. The Morgan fingerprint density at radius 2 is 1.94 bits per heavy atom. The monoisotopic (exact) mass is 238 g/mol. The van der Waals surface area contributed by atoms with Crippen molar-refractivity contribution in [3.05, 3.63) is 46.3 Å². The van der Waals surface area contributed by atoms with Crippen molar-refractivity contribution in [1.82, 2.24) is 0 Å². The third-order valence-electron chi connectivity index (χ3n) is 2.03. The Labute approximate surface area is 94.3 Å². The quantitative estimate of drug-likeness (QED) is 0.645. The Balaban J connectivity index is 2.45. The topological polar surface area (TPSA) is 69.2 Å².